The second-order valence-electron chi connectivity index (χ2n) is 6.96. The summed E-state index contributed by atoms with van der Waals surface area (Å²) < 4.78 is 60.3. The van der Waals surface area contributed by atoms with E-state index in [1.165, 1.54) is 25.4 Å². The number of aromatic nitrogens is 1. The summed E-state index contributed by atoms with van der Waals surface area (Å²) in [5.74, 6) is -1.15. The number of methoxy groups -OCH3 is 1. The summed E-state index contributed by atoms with van der Waals surface area (Å²) in [6, 6.07) is 12.2. The van der Waals surface area contributed by atoms with E-state index in [-0.39, 0.29) is 36.0 Å². The molecular formula is C24H21F3N2O6. The van der Waals surface area contributed by atoms with Gasteiger partial charge in [0.15, 0.2) is 6.61 Å². The summed E-state index contributed by atoms with van der Waals surface area (Å²) in [5, 5.41) is 2.29. The van der Waals surface area contributed by atoms with E-state index in [4.69, 9.17) is 18.9 Å². The summed E-state index contributed by atoms with van der Waals surface area (Å²) in [4.78, 5) is 28.9. The fraction of sp³-hybridized carbons (Fsp3) is 0.208. The summed E-state index contributed by atoms with van der Waals surface area (Å²) in [5.41, 5.74) is -1.16. The maximum absolute atomic E-state index is 13.1. The second kappa shape index (κ2) is 11.8. The van der Waals surface area contributed by atoms with Gasteiger partial charge in [0.2, 0.25) is 0 Å². The first-order valence-corrected chi connectivity index (χ1v) is 10.2. The number of nitrogens with zero attached hydrogens (tertiary/aromatic N) is 1. The van der Waals surface area contributed by atoms with Crippen LogP contribution >= 0.6 is 0 Å². The van der Waals surface area contributed by atoms with Crippen molar-refractivity contribution >= 4 is 17.6 Å². The van der Waals surface area contributed by atoms with Crippen molar-refractivity contribution in [1.82, 2.24) is 4.98 Å². The van der Waals surface area contributed by atoms with Gasteiger partial charge in [0.1, 0.15) is 29.4 Å². The van der Waals surface area contributed by atoms with Crippen molar-refractivity contribution < 1.29 is 41.7 Å². The lowest BCUT2D eigenvalue weighted by Gasteiger charge is -2.15. The van der Waals surface area contributed by atoms with Crippen molar-refractivity contribution in [2.75, 3.05) is 32.2 Å². The van der Waals surface area contributed by atoms with E-state index in [0.29, 0.717) is 5.75 Å². The van der Waals surface area contributed by atoms with Gasteiger partial charge in [-0.25, -0.2) is 4.79 Å². The second-order valence-corrected chi connectivity index (χ2v) is 6.96. The molecule has 2 aromatic carbocycles. The Kier molecular flexibility index (Phi) is 8.63. The lowest BCUT2D eigenvalue weighted by Crippen LogP contribution is -2.22. The number of pyridine rings is 1. The van der Waals surface area contributed by atoms with E-state index >= 15 is 0 Å². The quantitative estimate of drug-likeness (QED) is 0.325. The predicted octanol–water partition coefficient (Wildman–Crippen LogP) is 4.71. The van der Waals surface area contributed by atoms with Crippen molar-refractivity contribution in [3.05, 3.63) is 78.1 Å². The van der Waals surface area contributed by atoms with Gasteiger partial charge in [-0.3, -0.25) is 9.78 Å². The molecule has 0 bridgehead atoms. The molecule has 0 aliphatic heterocycles. The molecule has 0 aliphatic rings. The number of alkyl halides is 3. The summed E-state index contributed by atoms with van der Waals surface area (Å²) in [7, 11) is 1.44. The van der Waals surface area contributed by atoms with Crippen molar-refractivity contribution in [3.63, 3.8) is 0 Å². The van der Waals surface area contributed by atoms with Gasteiger partial charge in [-0.05, 0) is 42.5 Å². The number of nitrogens with one attached hydrogen (secondary N) is 1. The molecule has 1 aromatic heterocycles. The third kappa shape index (κ3) is 7.44. The fourth-order valence-electron chi connectivity index (χ4n) is 2.82. The van der Waals surface area contributed by atoms with Crippen LogP contribution in [-0.4, -0.2) is 43.8 Å². The Hall–Kier alpha value is -4.12. The maximum atomic E-state index is 13.1. The highest BCUT2D eigenvalue weighted by molar-refractivity contribution is 5.97. The van der Waals surface area contributed by atoms with Crippen LogP contribution in [-0.2, 0) is 20.4 Å². The minimum Gasteiger partial charge on any atom is -0.489 e. The molecule has 11 heteroatoms. The number of benzene rings is 2. The zero-order valence-electron chi connectivity index (χ0n) is 18.5. The molecule has 0 saturated carbocycles. The van der Waals surface area contributed by atoms with Crippen molar-refractivity contribution in [3.8, 4) is 17.2 Å². The molecule has 1 heterocycles. The number of anilines is 1. The smallest absolute Gasteiger partial charge is 0.416 e. The van der Waals surface area contributed by atoms with Gasteiger partial charge in [0, 0.05) is 13.3 Å². The fourth-order valence-corrected chi connectivity index (χ4v) is 2.82. The lowest BCUT2D eigenvalue weighted by molar-refractivity contribution is -0.137. The molecule has 0 saturated heterocycles. The Morgan fingerprint density at radius 1 is 1.00 bits per heavy atom. The Morgan fingerprint density at radius 2 is 1.80 bits per heavy atom. The van der Waals surface area contributed by atoms with Crippen LogP contribution in [0.4, 0.5) is 18.9 Å². The van der Waals surface area contributed by atoms with Crippen LogP contribution in [0.15, 0.2) is 67.0 Å². The number of amides is 1. The highest BCUT2D eigenvalue weighted by atomic mass is 19.4. The third-order valence-electron chi connectivity index (χ3n) is 4.43. The van der Waals surface area contributed by atoms with E-state index in [9.17, 15) is 22.8 Å². The SMILES string of the molecule is COCCOc1ccc(C(F)(F)F)cc1NC(=O)COC(=O)c1ccccc1Oc1cccnc1. The molecule has 1 N–H and O–H groups in total. The molecule has 3 aromatic rings. The van der Waals surface area contributed by atoms with Crippen LogP contribution in [0.25, 0.3) is 0 Å². The molecule has 0 spiro atoms. The van der Waals surface area contributed by atoms with Gasteiger partial charge in [0.25, 0.3) is 5.91 Å². The van der Waals surface area contributed by atoms with Gasteiger partial charge >= 0.3 is 12.1 Å². The monoisotopic (exact) mass is 490 g/mol. The van der Waals surface area contributed by atoms with Gasteiger partial charge in [0.05, 0.1) is 24.1 Å². The van der Waals surface area contributed by atoms with Crippen molar-refractivity contribution in [2.24, 2.45) is 0 Å². The standard InChI is InChI=1S/C24H21F3N2O6/c1-32-11-12-33-21-9-8-16(24(25,26)27)13-19(21)29-22(30)15-34-23(31)18-6-2-3-7-20(18)35-17-5-4-10-28-14-17/h2-10,13-14H,11-12,15H2,1H3,(H,29,30). The molecule has 3 rings (SSSR count). The van der Waals surface area contributed by atoms with E-state index in [0.717, 1.165) is 18.2 Å². The van der Waals surface area contributed by atoms with Gasteiger partial charge in [-0.15, -0.1) is 0 Å². The van der Waals surface area contributed by atoms with Gasteiger partial charge in [-0.2, -0.15) is 13.2 Å². The first kappa shape index (κ1) is 25.5. The Labute approximate surface area is 198 Å². The highest BCUT2D eigenvalue weighted by Gasteiger charge is 2.31. The lowest BCUT2D eigenvalue weighted by atomic mass is 10.1. The van der Waals surface area contributed by atoms with E-state index in [1.54, 1.807) is 30.5 Å². The average molecular weight is 490 g/mol. The Balaban J connectivity index is 1.68. The van der Waals surface area contributed by atoms with Gasteiger partial charge < -0.3 is 24.3 Å². The van der Waals surface area contributed by atoms with Crippen LogP contribution in [0.2, 0.25) is 0 Å². The maximum Gasteiger partial charge on any atom is 0.416 e. The number of carbonyl (C=O) groups is 2. The molecular weight excluding hydrogens is 469 g/mol. The molecule has 0 fully saturated rings. The summed E-state index contributed by atoms with van der Waals surface area (Å²) in [6.07, 6.45) is -1.62. The summed E-state index contributed by atoms with van der Waals surface area (Å²) >= 11 is 0. The van der Waals surface area contributed by atoms with Crippen LogP contribution in [0.1, 0.15) is 15.9 Å². The number of halogens is 3. The van der Waals surface area contributed by atoms with Crippen molar-refractivity contribution in [2.45, 2.75) is 6.18 Å². The normalized spacial score (nSPS) is 11.0. The first-order valence-electron chi connectivity index (χ1n) is 10.2. The largest absolute Gasteiger partial charge is 0.489 e. The Morgan fingerprint density at radius 3 is 2.51 bits per heavy atom. The minimum absolute atomic E-state index is 0.00458. The number of rotatable bonds is 10. The third-order valence-corrected chi connectivity index (χ3v) is 4.43. The molecule has 8 nitrogen and oxygen atoms in total. The minimum atomic E-state index is -4.63. The van der Waals surface area contributed by atoms with E-state index in [1.807, 2.05) is 0 Å². The van der Waals surface area contributed by atoms with Crippen LogP contribution in [0.3, 0.4) is 0 Å². The predicted molar refractivity (Wildman–Crippen MR) is 118 cm³/mol. The molecule has 35 heavy (non-hydrogen) atoms. The molecule has 0 aliphatic carbocycles. The number of carbonyl (C=O) groups excluding carboxylic acids is 2. The van der Waals surface area contributed by atoms with E-state index < -0.39 is 30.2 Å². The number of esters is 1. The van der Waals surface area contributed by atoms with Crippen LogP contribution in [0.5, 0.6) is 17.2 Å². The van der Waals surface area contributed by atoms with Gasteiger partial charge in [-0.1, -0.05) is 12.1 Å². The van der Waals surface area contributed by atoms with E-state index in [2.05, 4.69) is 10.3 Å². The first-order chi connectivity index (χ1) is 16.8. The topological polar surface area (TPSA) is 96.0 Å². The average Bonchev–Trinajstić information content (AvgIpc) is 2.84. The number of ether oxygens (including phenoxy) is 4. The zero-order valence-corrected chi connectivity index (χ0v) is 18.5. The van der Waals surface area contributed by atoms with Crippen LogP contribution < -0.4 is 14.8 Å². The van der Waals surface area contributed by atoms with Crippen LogP contribution in [0, 0.1) is 0 Å². The number of para-hydroxylation sites is 1. The molecule has 0 unspecified atom stereocenters. The highest BCUT2D eigenvalue weighted by Crippen LogP contribution is 2.35. The molecule has 184 valence electrons. The molecule has 0 atom stereocenters. The zero-order chi connectivity index (χ0) is 25.3. The Bertz CT molecular complexity index is 1160. The molecule has 1 amide bonds. The number of hydrogen-bond donors (Lipinski definition) is 1. The molecule has 0 radical (unpaired) electrons. The number of hydrogen-bond acceptors (Lipinski definition) is 7. The summed E-state index contributed by atoms with van der Waals surface area (Å²) in [6.45, 7) is -0.520. The van der Waals surface area contributed by atoms with Crippen molar-refractivity contribution in [1.29, 1.82) is 0 Å².